The van der Waals surface area contributed by atoms with Gasteiger partial charge in [0.05, 0.1) is 18.8 Å². The van der Waals surface area contributed by atoms with Gasteiger partial charge in [-0.2, -0.15) is 0 Å². The molecule has 2 aromatic rings. The highest BCUT2D eigenvalue weighted by atomic mass is 35.5. The van der Waals surface area contributed by atoms with E-state index in [1.165, 1.54) is 49.7 Å². The maximum absolute atomic E-state index is 12.1. The molecule has 1 aliphatic heterocycles. The average Bonchev–Trinajstić information content (AvgIpc) is 2.64. The topological polar surface area (TPSA) is 33.5 Å². The molecule has 5 heteroatoms. The molecule has 0 unspecified atom stereocenters. The highest BCUT2D eigenvalue weighted by molar-refractivity contribution is 8.00. The first-order chi connectivity index (χ1) is 12.2. The van der Waals surface area contributed by atoms with Crippen LogP contribution in [-0.2, 0) is 11.3 Å². The summed E-state index contributed by atoms with van der Waals surface area (Å²) >= 11 is 7.37. The van der Waals surface area contributed by atoms with E-state index in [4.69, 9.17) is 11.6 Å². The zero-order chi connectivity index (χ0) is 17.5. The minimum atomic E-state index is 0.00866. The van der Waals surface area contributed by atoms with Crippen LogP contribution in [0.4, 0.5) is 5.69 Å². The fourth-order valence-electron chi connectivity index (χ4n) is 3.10. The van der Waals surface area contributed by atoms with Crippen LogP contribution in [0.5, 0.6) is 0 Å². The molecule has 2 N–H and O–H groups in total. The third-order valence-electron chi connectivity index (χ3n) is 4.44. The minimum absolute atomic E-state index is 0.00866. The molecule has 3 nitrogen and oxygen atoms in total. The van der Waals surface area contributed by atoms with Gasteiger partial charge in [0.1, 0.15) is 6.54 Å². The maximum atomic E-state index is 12.1. The van der Waals surface area contributed by atoms with E-state index < -0.39 is 0 Å². The molecule has 0 atom stereocenters. The van der Waals surface area contributed by atoms with Crippen LogP contribution in [0, 0.1) is 0 Å². The Kier molecular flexibility index (Phi) is 6.79. The van der Waals surface area contributed by atoms with E-state index >= 15 is 0 Å². The number of rotatable bonds is 6. The van der Waals surface area contributed by atoms with Crippen LogP contribution in [0.25, 0.3) is 0 Å². The standard InChI is InChI=1S/C20H23ClN2OS/c21-17-6-10-19(11-7-17)25-15-20(24)22-18-8-4-16(5-9-18)14-23-12-2-1-3-13-23/h4-11H,1-3,12-15H2,(H,22,24)/p+1. The van der Waals surface area contributed by atoms with E-state index in [2.05, 4.69) is 17.4 Å². The van der Waals surface area contributed by atoms with Gasteiger partial charge in [0.2, 0.25) is 5.91 Å². The Morgan fingerprint density at radius 1 is 1.00 bits per heavy atom. The van der Waals surface area contributed by atoms with E-state index in [9.17, 15) is 4.79 Å². The van der Waals surface area contributed by atoms with Gasteiger partial charge < -0.3 is 10.2 Å². The number of likely N-dealkylation sites (tertiary alicyclic amines) is 1. The first kappa shape index (κ1) is 18.3. The van der Waals surface area contributed by atoms with Gasteiger partial charge in [0, 0.05) is 21.2 Å². The van der Waals surface area contributed by atoms with Crippen molar-refractivity contribution in [2.45, 2.75) is 30.7 Å². The van der Waals surface area contributed by atoms with Crippen molar-refractivity contribution in [3.63, 3.8) is 0 Å². The largest absolute Gasteiger partial charge is 0.331 e. The molecule has 0 bridgehead atoms. The molecule has 1 heterocycles. The maximum Gasteiger partial charge on any atom is 0.234 e. The molecule has 132 valence electrons. The zero-order valence-electron chi connectivity index (χ0n) is 14.3. The molecule has 3 rings (SSSR count). The van der Waals surface area contributed by atoms with Gasteiger partial charge in [0.15, 0.2) is 0 Å². The number of carbonyl (C=O) groups excluding carboxylic acids is 1. The Morgan fingerprint density at radius 3 is 2.36 bits per heavy atom. The molecule has 1 amide bonds. The molecule has 0 aromatic heterocycles. The lowest BCUT2D eigenvalue weighted by Gasteiger charge is -2.23. The van der Waals surface area contributed by atoms with Gasteiger partial charge in [-0.3, -0.25) is 4.79 Å². The fourth-order valence-corrected chi connectivity index (χ4v) is 3.92. The van der Waals surface area contributed by atoms with Crippen LogP contribution in [0.15, 0.2) is 53.4 Å². The van der Waals surface area contributed by atoms with Crippen LogP contribution in [-0.4, -0.2) is 24.7 Å². The van der Waals surface area contributed by atoms with E-state index in [0.717, 1.165) is 17.1 Å². The van der Waals surface area contributed by atoms with Gasteiger partial charge >= 0.3 is 0 Å². The van der Waals surface area contributed by atoms with Crippen molar-refractivity contribution in [1.82, 2.24) is 0 Å². The van der Waals surface area contributed by atoms with Crippen molar-refractivity contribution >= 4 is 35.0 Å². The monoisotopic (exact) mass is 375 g/mol. The lowest BCUT2D eigenvalue weighted by atomic mass is 10.1. The highest BCUT2D eigenvalue weighted by Crippen LogP contribution is 2.20. The molecular weight excluding hydrogens is 352 g/mol. The summed E-state index contributed by atoms with van der Waals surface area (Å²) in [5.74, 6) is 0.399. The summed E-state index contributed by atoms with van der Waals surface area (Å²) in [5.41, 5.74) is 2.20. The average molecular weight is 376 g/mol. The smallest absolute Gasteiger partial charge is 0.234 e. The molecule has 0 aliphatic carbocycles. The predicted molar refractivity (Wildman–Crippen MR) is 105 cm³/mol. The number of carbonyl (C=O) groups is 1. The van der Waals surface area contributed by atoms with E-state index in [1.807, 2.05) is 36.4 Å². The second-order valence-corrected chi connectivity index (χ2v) is 7.96. The SMILES string of the molecule is O=C(CSc1ccc(Cl)cc1)Nc1ccc(C[NH+]2CCCCC2)cc1. The van der Waals surface area contributed by atoms with Crippen molar-refractivity contribution in [3.8, 4) is 0 Å². The number of thioether (sulfide) groups is 1. The minimum Gasteiger partial charge on any atom is -0.331 e. The number of piperidine rings is 1. The molecule has 0 spiro atoms. The number of quaternary nitrogens is 1. The fraction of sp³-hybridized carbons (Fsp3) is 0.350. The third-order valence-corrected chi connectivity index (χ3v) is 5.70. The molecule has 1 fully saturated rings. The summed E-state index contributed by atoms with van der Waals surface area (Å²) in [4.78, 5) is 14.8. The normalized spacial score (nSPS) is 15.1. The summed E-state index contributed by atoms with van der Waals surface area (Å²) in [6.45, 7) is 3.64. The Labute approximate surface area is 158 Å². The molecule has 0 saturated carbocycles. The van der Waals surface area contributed by atoms with Crippen LogP contribution in [0.3, 0.4) is 0 Å². The lowest BCUT2D eigenvalue weighted by molar-refractivity contribution is -0.918. The summed E-state index contributed by atoms with van der Waals surface area (Å²) < 4.78 is 0. The summed E-state index contributed by atoms with van der Waals surface area (Å²) in [5, 5.41) is 3.67. The lowest BCUT2D eigenvalue weighted by Crippen LogP contribution is -3.11. The quantitative estimate of drug-likeness (QED) is 0.756. The Bertz CT molecular complexity index is 682. The Morgan fingerprint density at radius 2 is 1.68 bits per heavy atom. The number of hydrogen-bond donors (Lipinski definition) is 2. The van der Waals surface area contributed by atoms with Gasteiger partial charge in [-0.15, -0.1) is 11.8 Å². The van der Waals surface area contributed by atoms with Crippen molar-refractivity contribution in [2.24, 2.45) is 0 Å². The van der Waals surface area contributed by atoms with Crippen LogP contribution < -0.4 is 10.2 Å². The Hall–Kier alpha value is -1.49. The molecular formula is C20H24ClN2OS+. The van der Waals surface area contributed by atoms with Gasteiger partial charge in [-0.05, 0) is 55.7 Å². The zero-order valence-corrected chi connectivity index (χ0v) is 15.8. The van der Waals surface area contributed by atoms with Gasteiger partial charge in [-0.1, -0.05) is 23.7 Å². The van der Waals surface area contributed by atoms with Crippen molar-refractivity contribution in [3.05, 3.63) is 59.1 Å². The number of anilines is 1. The van der Waals surface area contributed by atoms with Gasteiger partial charge in [-0.25, -0.2) is 0 Å². The van der Waals surface area contributed by atoms with Crippen molar-refractivity contribution in [2.75, 3.05) is 24.2 Å². The number of amides is 1. The summed E-state index contributed by atoms with van der Waals surface area (Å²) in [7, 11) is 0. The third kappa shape index (κ3) is 6.07. The van der Waals surface area contributed by atoms with E-state index in [-0.39, 0.29) is 5.91 Å². The second-order valence-electron chi connectivity index (χ2n) is 6.48. The number of benzene rings is 2. The summed E-state index contributed by atoms with van der Waals surface area (Å²) in [6.07, 6.45) is 4.06. The first-order valence-corrected chi connectivity index (χ1v) is 10.2. The predicted octanol–water partition coefficient (Wildman–Crippen LogP) is 3.64. The number of halogens is 1. The number of hydrogen-bond acceptors (Lipinski definition) is 2. The van der Waals surface area contributed by atoms with Crippen molar-refractivity contribution < 1.29 is 9.69 Å². The molecule has 1 saturated heterocycles. The first-order valence-electron chi connectivity index (χ1n) is 8.80. The van der Waals surface area contributed by atoms with Crippen LogP contribution >= 0.6 is 23.4 Å². The molecule has 1 aliphatic rings. The molecule has 2 aromatic carbocycles. The van der Waals surface area contributed by atoms with Crippen LogP contribution in [0.2, 0.25) is 5.02 Å². The second kappa shape index (κ2) is 9.27. The van der Waals surface area contributed by atoms with E-state index in [0.29, 0.717) is 10.8 Å². The summed E-state index contributed by atoms with van der Waals surface area (Å²) in [6, 6.07) is 15.8. The van der Waals surface area contributed by atoms with Crippen LogP contribution in [0.1, 0.15) is 24.8 Å². The molecule has 25 heavy (non-hydrogen) atoms. The van der Waals surface area contributed by atoms with Gasteiger partial charge in [0.25, 0.3) is 0 Å². The number of nitrogens with one attached hydrogen (secondary N) is 2. The Balaban J connectivity index is 1.45. The van der Waals surface area contributed by atoms with E-state index in [1.54, 1.807) is 4.90 Å². The van der Waals surface area contributed by atoms with Crippen molar-refractivity contribution in [1.29, 1.82) is 0 Å². The highest BCUT2D eigenvalue weighted by Gasteiger charge is 2.13. The molecule has 0 radical (unpaired) electrons.